The summed E-state index contributed by atoms with van der Waals surface area (Å²) in [6.45, 7) is 0.357. The van der Waals surface area contributed by atoms with Crippen molar-refractivity contribution >= 4 is 0 Å². The molecule has 70 valence electrons. The highest BCUT2D eigenvalue weighted by Crippen LogP contribution is 2.43. The van der Waals surface area contributed by atoms with Crippen molar-refractivity contribution in [3.05, 3.63) is 35.9 Å². The van der Waals surface area contributed by atoms with E-state index in [9.17, 15) is 0 Å². The van der Waals surface area contributed by atoms with Gasteiger partial charge in [-0.05, 0) is 36.7 Å². The molecule has 0 aromatic heterocycles. The summed E-state index contributed by atoms with van der Waals surface area (Å²) in [7, 11) is 0. The van der Waals surface area contributed by atoms with Crippen LogP contribution in [0.15, 0.2) is 30.3 Å². The van der Waals surface area contributed by atoms with Gasteiger partial charge in [0.1, 0.15) is 0 Å². The highest BCUT2D eigenvalue weighted by atomic mass is 16.3. The molecular weight excluding hydrogens is 160 g/mol. The van der Waals surface area contributed by atoms with Crippen LogP contribution in [0.3, 0.4) is 0 Å². The van der Waals surface area contributed by atoms with Crippen molar-refractivity contribution in [2.24, 2.45) is 11.8 Å². The molecule has 0 heterocycles. The number of rotatable bonds is 4. The van der Waals surface area contributed by atoms with Crippen molar-refractivity contribution in [3.63, 3.8) is 0 Å². The van der Waals surface area contributed by atoms with E-state index < -0.39 is 0 Å². The Morgan fingerprint density at radius 2 is 1.92 bits per heavy atom. The van der Waals surface area contributed by atoms with Gasteiger partial charge in [-0.15, -0.1) is 0 Å². The van der Waals surface area contributed by atoms with E-state index in [1.54, 1.807) is 0 Å². The summed E-state index contributed by atoms with van der Waals surface area (Å²) in [6, 6.07) is 10.6. The number of benzene rings is 1. The maximum Gasteiger partial charge on any atom is 0.0433 e. The predicted octanol–water partition coefficient (Wildman–Crippen LogP) is 2.25. The van der Waals surface area contributed by atoms with E-state index in [0.717, 1.165) is 18.3 Å². The van der Waals surface area contributed by atoms with E-state index in [-0.39, 0.29) is 0 Å². The van der Waals surface area contributed by atoms with Crippen molar-refractivity contribution in [2.75, 3.05) is 6.61 Å². The van der Waals surface area contributed by atoms with Crippen LogP contribution in [0, 0.1) is 11.8 Å². The van der Waals surface area contributed by atoms with Crippen LogP contribution in [0.2, 0.25) is 0 Å². The predicted molar refractivity (Wildman–Crippen MR) is 53.4 cm³/mol. The summed E-state index contributed by atoms with van der Waals surface area (Å²) < 4.78 is 0. The molecule has 1 fully saturated rings. The fourth-order valence-electron chi connectivity index (χ4n) is 2.00. The molecule has 0 radical (unpaired) electrons. The maximum absolute atomic E-state index is 8.76. The van der Waals surface area contributed by atoms with Gasteiger partial charge in [-0.3, -0.25) is 0 Å². The van der Waals surface area contributed by atoms with Gasteiger partial charge in [-0.2, -0.15) is 0 Å². The molecule has 1 aromatic carbocycles. The van der Waals surface area contributed by atoms with Crippen LogP contribution in [-0.2, 0) is 6.42 Å². The van der Waals surface area contributed by atoms with Crippen LogP contribution in [-0.4, -0.2) is 11.7 Å². The molecule has 1 aliphatic carbocycles. The molecule has 0 spiro atoms. The second-order valence-electron chi connectivity index (χ2n) is 3.96. The summed E-state index contributed by atoms with van der Waals surface area (Å²) in [5, 5.41) is 8.76. The summed E-state index contributed by atoms with van der Waals surface area (Å²) in [5.41, 5.74) is 1.44. The summed E-state index contributed by atoms with van der Waals surface area (Å²) in [6.07, 6.45) is 3.51. The van der Waals surface area contributed by atoms with Crippen molar-refractivity contribution in [1.82, 2.24) is 0 Å². The van der Waals surface area contributed by atoms with Gasteiger partial charge in [0.25, 0.3) is 0 Å². The Morgan fingerprint density at radius 3 is 2.62 bits per heavy atom. The molecule has 2 atom stereocenters. The van der Waals surface area contributed by atoms with Gasteiger partial charge in [-0.1, -0.05) is 30.3 Å². The molecule has 0 aliphatic heterocycles. The molecule has 2 rings (SSSR count). The minimum atomic E-state index is 0.357. The molecule has 1 aromatic rings. The lowest BCUT2D eigenvalue weighted by Gasteiger charge is -1.99. The lowest BCUT2D eigenvalue weighted by atomic mass is 10.1. The number of aliphatic hydroxyl groups is 1. The fourth-order valence-corrected chi connectivity index (χ4v) is 2.00. The summed E-state index contributed by atoms with van der Waals surface area (Å²) >= 11 is 0. The molecule has 1 nitrogen and oxygen atoms in total. The second kappa shape index (κ2) is 3.93. The average molecular weight is 176 g/mol. The molecule has 1 aliphatic rings. The van der Waals surface area contributed by atoms with Crippen LogP contribution in [0.4, 0.5) is 0 Å². The molecule has 0 bridgehead atoms. The van der Waals surface area contributed by atoms with Crippen LogP contribution in [0.25, 0.3) is 0 Å². The standard InChI is InChI=1S/C12H16O/c13-7-6-11-9-12(11)8-10-4-2-1-3-5-10/h1-5,11-13H,6-9H2. The van der Waals surface area contributed by atoms with E-state index >= 15 is 0 Å². The van der Waals surface area contributed by atoms with Crippen LogP contribution < -0.4 is 0 Å². The van der Waals surface area contributed by atoms with E-state index in [2.05, 4.69) is 30.3 Å². The minimum absolute atomic E-state index is 0.357. The van der Waals surface area contributed by atoms with E-state index in [4.69, 9.17) is 5.11 Å². The monoisotopic (exact) mass is 176 g/mol. The largest absolute Gasteiger partial charge is 0.396 e. The average Bonchev–Trinajstić information content (AvgIpc) is 2.86. The van der Waals surface area contributed by atoms with E-state index in [1.807, 2.05) is 0 Å². The Kier molecular flexibility index (Phi) is 2.65. The van der Waals surface area contributed by atoms with Gasteiger partial charge in [-0.25, -0.2) is 0 Å². The molecule has 0 amide bonds. The Bertz CT molecular complexity index is 255. The Hall–Kier alpha value is -0.820. The van der Waals surface area contributed by atoms with Crippen LogP contribution in [0.5, 0.6) is 0 Å². The zero-order chi connectivity index (χ0) is 9.10. The normalized spacial score (nSPS) is 25.9. The van der Waals surface area contributed by atoms with Gasteiger partial charge in [0.15, 0.2) is 0 Å². The van der Waals surface area contributed by atoms with E-state index in [0.29, 0.717) is 6.61 Å². The molecule has 1 heteroatoms. The molecule has 0 saturated heterocycles. The molecule has 1 saturated carbocycles. The Morgan fingerprint density at radius 1 is 1.15 bits per heavy atom. The third-order valence-electron chi connectivity index (χ3n) is 2.91. The van der Waals surface area contributed by atoms with Crippen molar-refractivity contribution in [1.29, 1.82) is 0 Å². The third-order valence-corrected chi connectivity index (χ3v) is 2.91. The number of hydrogen-bond acceptors (Lipinski definition) is 1. The maximum atomic E-state index is 8.76. The van der Waals surface area contributed by atoms with Crippen molar-refractivity contribution in [3.8, 4) is 0 Å². The zero-order valence-corrected chi connectivity index (χ0v) is 7.82. The fraction of sp³-hybridized carbons (Fsp3) is 0.500. The van der Waals surface area contributed by atoms with Gasteiger partial charge < -0.3 is 5.11 Å². The molecule has 13 heavy (non-hydrogen) atoms. The van der Waals surface area contributed by atoms with Crippen molar-refractivity contribution < 1.29 is 5.11 Å². The smallest absolute Gasteiger partial charge is 0.0433 e. The third kappa shape index (κ3) is 2.31. The van der Waals surface area contributed by atoms with Gasteiger partial charge in [0.2, 0.25) is 0 Å². The molecule has 1 N–H and O–H groups in total. The van der Waals surface area contributed by atoms with Crippen LogP contribution >= 0.6 is 0 Å². The topological polar surface area (TPSA) is 20.2 Å². The molecule has 2 unspecified atom stereocenters. The first kappa shape index (κ1) is 8.76. The first-order chi connectivity index (χ1) is 6.40. The highest BCUT2D eigenvalue weighted by Gasteiger charge is 2.35. The first-order valence-electron chi connectivity index (χ1n) is 5.05. The number of hydrogen-bond donors (Lipinski definition) is 1. The quantitative estimate of drug-likeness (QED) is 0.746. The van der Waals surface area contributed by atoms with Crippen LogP contribution in [0.1, 0.15) is 18.4 Å². The SMILES string of the molecule is OCCC1CC1Cc1ccccc1. The Balaban J connectivity index is 1.81. The van der Waals surface area contributed by atoms with Gasteiger partial charge in [0.05, 0.1) is 0 Å². The zero-order valence-electron chi connectivity index (χ0n) is 7.82. The highest BCUT2D eigenvalue weighted by molar-refractivity contribution is 5.16. The second-order valence-corrected chi connectivity index (χ2v) is 3.96. The summed E-state index contributed by atoms with van der Waals surface area (Å²) in [4.78, 5) is 0. The van der Waals surface area contributed by atoms with Crippen molar-refractivity contribution in [2.45, 2.75) is 19.3 Å². The van der Waals surface area contributed by atoms with Gasteiger partial charge >= 0.3 is 0 Å². The number of aliphatic hydroxyl groups excluding tert-OH is 1. The first-order valence-corrected chi connectivity index (χ1v) is 5.05. The molecular formula is C12H16O. The Labute approximate surface area is 79.4 Å². The van der Waals surface area contributed by atoms with Gasteiger partial charge in [0, 0.05) is 6.61 Å². The summed E-state index contributed by atoms with van der Waals surface area (Å²) in [5.74, 6) is 1.64. The lowest BCUT2D eigenvalue weighted by molar-refractivity contribution is 0.277. The van der Waals surface area contributed by atoms with E-state index in [1.165, 1.54) is 18.4 Å². The minimum Gasteiger partial charge on any atom is -0.396 e. The lowest BCUT2D eigenvalue weighted by Crippen LogP contribution is -1.91.